The number of hydrogen-bond donors (Lipinski definition) is 2. The summed E-state index contributed by atoms with van der Waals surface area (Å²) in [6.07, 6.45) is -1.67. The van der Waals surface area contributed by atoms with Crippen molar-refractivity contribution in [1.29, 1.82) is 0 Å². The van der Waals surface area contributed by atoms with Crippen LogP contribution in [0, 0.1) is 0 Å². The Bertz CT molecular complexity index is 702. The number of aliphatic imine (C=N–C) groups is 1. The summed E-state index contributed by atoms with van der Waals surface area (Å²) in [7, 11) is 1.67. The standard InChI is InChI=1S/C20H32F3N7/c1-3-28-8-10-30(11-9-28)18-12-16(4-6-25-18)13-26-19(24-2)27-17-5-7-29(14-17)15-20(21,22)23/h4,6,12,17H,3,5,7-11,13-15H2,1-2H3,(H2,24,26,27). The number of likely N-dealkylation sites (tertiary alicyclic amines) is 1. The first-order valence-corrected chi connectivity index (χ1v) is 10.5. The van der Waals surface area contributed by atoms with E-state index in [1.54, 1.807) is 7.05 Å². The van der Waals surface area contributed by atoms with Crippen molar-refractivity contribution in [2.45, 2.75) is 32.1 Å². The Balaban J connectivity index is 1.47. The first kappa shape index (κ1) is 22.6. The molecule has 0 aromatic carbocycles. The van der Waals surface area contributed by atoms with Crippen LogP contribution in [0.25, 0.3) is 0 Å². The third-order valence-electron chi connectivity index (χ3n) is 5.65. The third kappa shape index (κ3) is 6.73. The highest BCUT2D eigenvalue weighted by Crippen LogP contribution is 2.20. The van der Waals surface area contributed by atoms with E-state index in [0.717, 1.165) is 44.1 Å². The molecule has 0 bridgehead atoms. The Labute approximate surface area is 176 Å². The van der Waals surface area contributed by atoms with E-state index >= 15 is 0 Å². The number of anilines is 1. The van der Waals surface area contributed by atoms with Crippen LogP contribution >= 0.6 is 0 Å². The second kappa shape index (κ2) is 10.3. The van der Waals surface area contributed by atoms with E-state index in [-0.39, 0.29) is 6.04 Å². The minimum absolute atomic E-state index is 0.0404. The predicted molar refractivity (Wildman–Crippen MR) is 113 cm³/mol. The second-order valence-corrected chi connectivity index (χ2v) is 7.85. The highest BCUT2D eigenvalue weighted by molar-refractivity contribution is 5.80. The van der Waals surface area contributed by atoms with Crippen LogP contribution in [0.4, 0.5) is 19.0 Å². The van der Waals surface area contributed by atoms with Crippen LogP contribution in [-0.2, 0) is 6.54 Å². The molecule has 7 nitrogen and oxygen atoms in total. The molecule has 2 saturated heterocycles. The van der Waals surface area contributed by atoms with Crippen molar-refractivity contribution in [2.24, 2.45) is 4.99 Å². The number of rotatable bonds is 6. The van der Waals surface area contributed by atoms with Gasteiger partial charge in [-0.2, -0.15) is 13.2 Å². The van der Waals surface area contributed by atoms with Crippen molar-refractivity contribution in [3.63, 3.8) is 0 Å². The Morgan fingerprint density at radius 2 is 1.97 bits per heavy atom. The number of guanidine groups is 1. The highest BCUT2D eigenvalue weighted by Gasteiger charge is 2.34. The molecule has 1 unspecified atom stereocenters. The normalized spacial score (nSPS) is 21.8. The summed E-state index contributed by atoms with van der Waals surface area (Å²) in [4.78, 5) is 14.9. The van der Waals surface area contributed by atoms with Gasteiger partial charge in [0.2, 0.25) is 0 Å². The molecule has 0 radical (unpaired) electrons. The van der Waals surface area contributed by atoms with Gasteiger partial charge >= 0.3 is 6.18 Å². The first-order chi connectivity index (χ1) is 14.4. The summed E-state index contributed by atoms with van der Waals surface area (Å²) >= 11 is 0. The van der Waals surface area contributed by atoms with Crippen molar-refractivity contribution in [2.75, 3.05) is 64.3 Å². The zero-order chi connectivity index (χ0) is 21.6. The Kier molecular flexibility index (Phi) is 7.76. The maximum Gasteiger partial charge on any atom is 0.401 e. The lowest BCUT2D eigenvalue weighted by Crippen LogP contribution is -2.46. The average molecular weight is 428 g/mol. The summed E-state index contributed by atoms with van der Waals surface area (Å²) in [5.74, 6) is 1.58. The van der Waals surface area contributed by atoms with E-state index in [0.29, 0.717) is 32.0 Å². The van der Waals surface area contributed by atoms with E-state index in [2.05, 4.69) is 43.4 Å². The number of nitrogens with zero attached hydrogens (tertiary/aromatic N) is 5. The summed E-state index contributed by atoms with van der Waals surface area (Å²) in [5.41, 5.74) is 1.09. The fourth-order valence-electron chi connectivity index (χ4n) is 3.96. The van der Waals surface area contributed by atoms with Crippen molar-refractivity contribution in [3.8, 4) is 0 Å². The SMILES string of the molecule is CCN1CCN(c2cc(CNC(=NC)NC3CCN(CC(F)(F)F)C3)ccn2)CC1. The van der Waals surface area contributed by atoms with E-state index in [1.807, 2.05) is 12.3 Å². The van der Waals surface area contributed by atoms with E-state index in [4.69, 9.17) is 0 Å². The molecule has 3 rings (SSSR count). The molecule has 1 aromatic rings. The van der Waals surface area contributed by atoms with E-state index < -0.39 is 12.7 Å². The number of pyridine rings is 1. The fourth-order valence-corrected chi connectivity index (χ4v) is 3.96. The second-order valence-electron chi connectivity index (χ2n) is 7.85. The quantitative estimate of drug-likeness (QED) is 0.531. The lowest BCUT2D eigenvalue weighted by atomic mass is 10.2. The molecular formula is C20H32F3N7. The van der Waals surface area contributed by atoms with Gasteiger partial charge in [-0.1, -0.05) is 6.92 Å². The molecular weight excluding hydrogens is 395 g/mol. The van der Waals surface area contributed by atoms with Crippen LogP contribution < -0.4 is 15.5 Å². The highest BCUT2D eigenvalue weighted by atomic mass is 19.4. The van der Waals surface area contributed by atoms with Crippen LogP contribution in [-0.4, -0.2) is 92.4 Å². The molecule has 2 fully saturated rings. The van der Waals surface area contributed by atoms with Crippen LogP contribution in [0.15, 0.2) is 23.3 Å². The summed E-state index contributed by atoms with van der Waals surface area (Å²) in [6, 6.07) is 4.01. The monoisotopic (exact) mass is 427 g/mol. The Morgan fingerprint density at radius 1 is 1.20 bits per heavy atom. The zero-order valence-corrected chi connectivity index (χ0v) is 17.8. The van der Waals surface area contributed by atoms with Gasteiger partial charge in [0.05, 0.1) is 6.54 Å². The Hall–Kier alpha value is -2.07. The molecule has 1 atom stereocenters. The lowest BCUT2D eigenvalue weighted by molar-refractivity contribution is -0.143. The maximum atomic E-state index is 12.6. The van der Waals surface area contributed by atoms with Gasteiger partial charge in [0.15, 0.2) is 5.96 Å². The molecule has 0 aliphatic carbocycles. The summed E-state index contributed by atoms with van der Waals surface area (Å²) in [6.45, 7) is 7.80. The number of halogens is 3. The lowest BCUT2D eigenvalue weighted by Gasteiger charge is -2.34. The van der Waals surface area contributed by atoms with Gasteiger partial charge in [0.25, 0.3) is 0 Å². The Morgan fingerprint density at radius 3 is 2.63 bits per heavy atom. The maximum absolute atomic E-state index is 12.6. The number of hydrogen-bond acceptors (Lipinski definition) is 5. The molecule has 0 saturated carbocycles. The van der Waals surface area contributed by atoms with Gasteiger partial charge in [-0.05, 0) is 30.7 Å². The topological polar surface area (TPSA) is 59.0 Å². The minimum atomic E-state index is -4.16. The van der Waals surface area contributed by atoms with Crippen molar-refractivity contribution < 1.29 is 13.2 Å². The summed E-state index contributed by atoms with van der Waals surface area (Å²) in [5, 5.41) is 6.50. The van der Waals surface area contributed by atoms with Gasteiger partial charge < -0.3 is 20.4 Å². The third-order valence-corrected chi connectivity index (χ3v) is 5.65. The van der Waals surface area contributed by atoms with Crippen molar-refractivity contribution >= 4 is 11.8 Å². The molecule has 30 heavy (non-hydrogen) atoms. The van der Waals surface area contributed by atoms with Gasteiger partial charge in [-0.25, -0.2) is 4.98 Å². The number of piperazine rings is 1. The molecule has 2 aliphatic rings. The number of nitrogens with one attached hydrogen (secondary N) is 2. The van der Waals surface area contributed by atoms with Crippen LogP contribution in [0.1, 0.15) is 18.9 Å². The largest absolute Gasteiger partial charge is 0.401 e. The fraction of sp³-hybridized carbons (Fsp3) is 0.700. The van der Waals surface area contributed by atoms with Gasteiger partial charge in [-0.15, -0.1) is 0 Å². The number of likely N-dealkylation sites (N-methyl/N-ethyl adjacent to an activating group) is 1. The minimum Gasteiger partial charge on any atom is -0.354 e. The molecule has 0 spiro atoms. The average Bonchev–Trinajstić information content (AvgIpc) is 3.16. The van der Waals surface area contributed by atoms with Gasteiger partial charge in [0.1, 0.15) is 5.82 Å². The predicted octanol–water partition coefficient (Wildman–Crippen LogP) is 1.53. The van der Waals surface area contributed by atoms with Gasteiger partial charge in [-0.3, -0.25) is 9.89 Å². The number of alkyl halides is 3. The van der Waals surface area contributed by atoms with Gasteiger partial charge in [0, 0.05) is 65.1 Å². The van der Waals surface area contributed by atoms with E-state index in [9.17, 15) is 13.2 Å². The molecule has 1 aromatic heterocycles. The number of aromatic nitrogens is 1. The zero-order valence-electron chi connectivity index (χ0n) is 17.8. The van der Waals surface area contributed by atoms with E-state index in [1.165, 1.54) is 4.90 Å². The molecule has 168 valence electrons. The van der Waals surface area contributed by atoms with Crippen LogP contribution in [0.5, 0.6) is 0 Å². The molecule has 2 N–H and O–H groups in total. The smallest absolute Gasteiger partial charge is 0.354 e. The molecule has 10 heteroatoms. The molecule has 0 amide bonds. The van der Waals surface area contributed by atoms with Crippen molar-refractivity contribution in [1.82, 2.24) is 25.4 Å². The first-order valence-electron chi connectivity index (χ1n) is 10.5. The van der Waals surface area contributed by atoms with Crippen LogP contribution in [0.2, 0.25) is 0 Å². The molecule has 3 heterocycles. The molecule has 2 aliphatic heterocycles. The van der Waals surface area contributed by atoms with Crippen LogP contribution in [0.3, 0.4) is 0 Å². The van der Waals surface area contributed by atoms with Crippen molar-refractivity contribution in [3.05, 3.63) is 23.9 Å². The summed E-state index contributed by atoms with van der Waals surface area (Å²) < 4.78 is 37.7.